The molecule has 0 spiro atoms. The summed E-state index contributed by atoms with van der Waals surface area (Å²) in [5.74, 6) is -9.68. The molecule has 2 N–H and O–H groups in total. The summed E-state index contributed by atoms with van der Waals surface area (Å²) in [4.78, 5) is 72.0. The first kappa shape index (κ1) is 60.9. The summed E-state index contributed by atoms with van der Waals surface area (Å²) in [6.45, 7) is 12.1. The van der Waals surface area contributed by atoms with E-state index in [2.05, 4.69) is 4.18 Å². The van der Waals surface area contributed by atoms with Crippen molar-refractivity contribution < 1.29 is 83.6 Å². The minimum atomic E-state index is -5.91. The number of Topliss-reactive ketones (excluding diaryl/α,β-unsaturated/α-hetero) is 3. The van der Waals surface area contributed by atoms with Crippen LogP contribution < -0.4 is 0 Å². The highest BCUT2D eigenvalue weighted by Gasteiger charge is 2.54. The van der Waals surface area contributed by atoms with Crippen LogP contribution in [0.4, 0.5) is 13.2 Å². The van der Waals surface area contributed by atoms with Crippen LogP contribution in [0.15, 0.2) is 47.6 Å². The highest BCUT2D eigenvalue weighted by Crippen LogP contribution is 2.39. The SMILES string of the molecule is CO[C@H]1C[C@@H]2CC[C@@H](C)[C@@](O)(O2)C(=O)C(=O)N2CCCC[C@H]2C(=O)O[C@H]([C@H](C)C[C@@H]2CC[C@@H](OS(=O)(=O)C(F)(F)F)[C@H](OC)C2)CC(=O)[C@H](C)/C=C(\C)[C@@H](O)[C@@H](OC)C(=O)[C@H](C)C[C@H](C)/C=C/C=C/C=C/1C. The van der Waals surface area contributed by atoms with Gasteiger partial charge in [0.1, 0.15) is 36.2 Å². The van der Waals surface area contributed by atoms with Gasteiger partial charge in [-0.15, -0.1) is 0 Å². The Kier molecular flexibility index (Phi) is 22.6. The number of aliphatic hydroxyl groups is 2. The predicted octanol–water partition coefficient (Wildman–Crippen LogP) is 7.05. The first-order chi connectivity index (χ1) is 33.7. The van der Waals surface area contributed by atoms with Crippen molar-refractivity contribution in [2.75, 3.05) is 27.9 Å². The highest BCUT2D eigenvalue weighted by atomic mass is 32.2. The molecule has 0 unspecified atom stereocenters. The quantitative estimate of drug-likeness (QED) is 0.0818. The Morgan fingerprint density at radius 1 is 0.861 bits per heavy atom. The molecule has 4 aliphatic rings. The maximum atomic E-state index is 14.4. The molecule has 15 atom stereocenters. The fourth-order valence-corrected chi connectivity index (χ4v) is 11.1. The second-order valence-electron chi connectivity index (χ2n) is 20.6. The van der Waals surface area contributed by atoms with Gasteiger partial charge in [-0.1, -0.05) is 71.1 Å². The number of alkyl halides is 3. The Balaban J connectivity index is 1.70. The Bertz CT molecular complexity index is 2130. The number of fused-ring (bicyclic) bond motifs is 3. The van der Waals surface area contributed by atoms with E-state index in [1.165, 1.54) is 27.4 Å². The molecule has 20 heteroatoms. The molecular formula is C52H78F3NO15S. The first-order valence-corrected chi connectivity index (χ1v) is 26.6. The van der Waals surface area contributed by atoms with Crippen molar-refractivity contribution in [2.24, 2.45) is 35.5 Å². The lowest BCUT2D eigenvalue weighted by Crippen LogP contribution is -2.61. The molecule has 408 valence electrons. The first-order valence-electron chi connectivity index (χ1n) is 25.2. The normalized spacial score (nSPS) is 38.1. The summed E-state index contributed by atoms with van der Waals surface area (Å²) in [6, 6.07) is -1.28. The minimum absolute atomic E-state index is 0.0182. The zero-order valence-corrected chi connectivity index (χ0v) is 44.2. The number of carbonyl (C=O) groups excluding carboxylic acids is 5. The molecule has 1 amide bonds. The molecule has 1 aliphatic carbocycles. The van der Waals surface area contributed by atoms with E-state index >= 15 is 0 Å². The van der Waals surface area contributed by atoms with Gasteiger partial charge >= 0.3 is 21.6 Å². The van der Waals surface area contributed by atoms with E-state index < -0.39 is 117 Å². The lowest BCUT2D eigenvalue weighted by atomic mass is 9.78. The zero-order chi connectivity index (χ0) is 53.9. The third-order valence-corrected chi connectivity index (χ3v) is 16.1. The molecule has 0 radical (unpaired) electrons. The average molecular weight is 1050 g/mol. The molecule has 72 heavy (non-hydrogen) atoms. The standard InChI is InChI=1S/C52H78F3NO15S/c1-30-16-12-11-13-17-31(2)42(66-8)28-38-21-19-36(7)51(63,70-38)48(60)49(61)56-23-15-14-18-39(56)50(62)69-43(29-40(57)32(3)25-35(6)46(59)47(68-10)45(58)34(5)24-30)33(4)26-37-20-22-41(44(27-37)67-9)71-72(64,65)52(53,54)55/h11-13,16-17,25,30,32-34,36-39,41-44,46-47,59,63H,14-15,18-24,26-29H2,1-10H3/b13-11+,16-12+,31-17+,35-25+/t30-,32-,33-,34-,36-,37+,38+,39+,41-,42+,43+,44-,46-,47+,51-/m1/s1. The van der Waals surface area contributed by atoms with Crippen LogP contribution in [0.5, 0.6) is 0 Å². The summed E-state index contributed by atoms with van der Waals surface area (Å²) in [6.07, 6.45) is 6.01. The molecule has 16 nitrogen and oxygen atoms in total. The second kappa shape index (κ2) is 26.7. The van der Waals surface area contributed by atoms with E-state index in [0.717, 1.165) is 10.5 Å². The monoisotopic (exact) mass is 1050 g/mol. The average Bonchev–Trinajstić information content (AvgIpc) is 3.32. The number of halogens is 3. The van der Waals surface area contributed by atoms with Gasteiger partial charge in [0.15, 0.2) is 5.78 Å². The number of hydrogen-bond donors (Lipinski definition) is 2. The molecule has 2 saturated heterocycles. The third-order valence-electron chi connectivity index (χ3n) is 15.0. The molecule has 0 aromatic heterocycles. The minimum Gasteiger partial charge on any atom is -0.460 e. The number of ether oxygens (including phenoxy) is 5. The van der Waals surface area contributed by atoms with E-state index in [9.17, 15) is 55.8 Å². The fourth-order valence-electron chi connectivity index (χ4n) is 10.4. The Morgan fingerprint density at radius 3 is 2.19 bits per heavy atom. The topological polar surface area (TPSA) is 219 Å². The number of allylic oxidation sites excluding steroid dienone is 6. The van der Waals surface area contributed by atoms with Crippen LogP contribution in [-0.4, -0.2) is 141 Å². The lowest BCUT2D eigenvalue weighted by molar-refractivity contribution is -0.265. The Morgan fingerprint density at radius 2 is 1.56 bits per heavy atom. The molecule has 3 aliphatic heterocycles. The van der Waals surface area contributed by atoms with Crippen LogP contribution in [0.2, 0.25) is 0 Å². The zero-order valence-electron chi connectivity index (χ0n) is 43.4. The van der Waals surface area contributed by atoms with Crippen LogP contribution in [0, 0.1) is 35.5 Å². The number of hydrogen-bond acceptors (Lipinski definition) is 15. The van der Waals surface area contributed by atoms with E-state index in [-0.39, 0.29) is 74.7 Å². The number of methoxy groups -OCH3 is 3. The van der Waals surface area contributed by atoms with Crippen LogP contribution in [0.3, 0.4) is 0 Å². The predicted molar refractivity (Wildman–Crippen MR) is 259 cm³/mol. The maximum absolute atomic E-state index is 14.4. The van der Waals surface area contributed by atoms with Gasteiger partial charge in [0.05, 0.1) is 18.3 Å². The molecular weight excluding hydrogens is 968 g/mol. The number of carbonyl (C=O) groups is 5. The molecule has 3 heterocycles. The molecule has 4 rings (SSSR count). The number of rotatable bonds is 8. The third kappa shape index (κ3) is 15.7. The number of piperidine rings is 1. The van der Waals surface area contributed by atoms with Crippen LogP contribution in [-0.2, 0) is 62.0 Å². The van der Waals surface area contributed by atoms with Gasteiger partial charge in [-0.2, -0.15) is 21.6 Å². The smallest absolute Gasteiger partial charge is 0.460 e. The summed E-state index contributed by atoms with van der Waals surface area (Å²) in [5.41, 5.74) is -4.52. The Labute approximate surface area is 423 Å². The van der Waals surface area contributed by atoms with Crippen molar-refractivity contribution >= 4 is 39.3 Å². The largest absolute Gasteiger partial charge is 0.523 e. The van der Waals surface area contributed by atoms with Crippen molar-refractivity contribution in [2.45, 2.75) is 186 Å². The van der Waals surface area contributed by atoms with Crippen molar-refractivity contribution in [1.82, 2.24) is 4.90 Å². The summed E-state index contributed by atoms with van der Waals surface area (Å²) >= 11 is 0. The van der Waals surface area contributed by atoms with E-state index in [1.54, 1.807) is 34.6 Å². The van der Waals surface area contributed by atoms with Gasteiger partial charge in [-0.25, -0.2) is 4.79 Å². The van der Waals surface area contributed by atoms with Crippen LogP contribution >= 0.6 is 0 Å². The summed E-state index contributed by atoms with van der Waals surface area (Å²) in [7, 11) is -1.83. The summed E-state index contributed by atoms with van der Waals surface area (Å²) in [5, 5.41) is 23.4. The molecule has 3 fully saturated rings. The Hall–Kier alpha value is -3.63. The number of aliphatic hydroxyl groups excluding tert-OH is 1. The van der Waals surface area contributed by atoms with E-state index in [4.69, 9.17) is 23.7 Å². The van der Waals surface area contributed by atoms with Crippen molar-refractivity contribution in [3.63, 3.8) is 0 Å². The molecule has 0 aromatic rings. The number of amides is 1. The lowest BCUT2D eigenvalue weighted by Gasteiger charge is -2.42. The maximum Gasteiger partial charge on any atom is 0.523 e. The fraction of sp³-hybridized carbons (Fsp3) is 0.750. The number of cyclic esters (lactones) is 1. The van der Waals surface area contributed by atoms with Crippen LogP contribution in [0.1, 0.15) is 126 Å². The van der Waals surface area contributed by atoms with Gasteiger partial charge in [0.25, 0.3) is 11.7 Å². The van der Waals surface area contributed by atoms with Crippen molar-refractivity contribution in [3.8, 4) is 0 Å². The number of ketones is 3. The second-order valence-corrected chi connectivity index (χ2v) is 22.1. The molecule has 1 saturated carbocycles. The molecule has 2 bridgehead atoms. The highest BCUT2D eigenvalue weighted by molar-refractivity contribution is 7.87. The van der Waals surface area contributed by atoms with Gasteiger partial charge < -0.3 is 38.8 Å². The van der Waals surface area contributed by atoms with E-state index in [0.29, 0.717) is 32.1 Å². The number of nitrogens with zero attached hydrogens (tertiary/aromatic N) is 1. The van der Waals surface area contributed by atoms with Gasteiger partial charge in [-0.3, -0.25) is 23.4 Å². The van der Waals surface area contributed by atoms with Crippen molar-refractivity contribution in [1.29, 1.82) is 0 Å². The van der Waals surface area contributed by atoms with Gasteiger partial charge in [0, 0.05) is 58.5 Å². The van der Waals surface area contributed by atoms with Crippen molar-refractivity contribution in [3.05, 3.63) is 47.6 Å². The number of esters is 1. The summed E-state index contributed by atoms with van der Waals surface area (Å²) < 4.78 is 97.1. The van der Waals surface area contributed by atoms with Gasteiger partial charge in [-0.05, 0) is 107 Å². The van der Waals surface area contributed by atoms with E-state index in [1.807, 2.05) is 44.2 Å². The molecule has 0 aromatic carbocycles. The van der Waals surface area contributed by atoms with Crippen LogP contribution in [0.25, 0.3) is 0 Å². The van der Waals surface area contributed by atoms with Gasteiger partial charge in [0.2, 0.25) is 5.79 Å².